The lowest BCUT2D eigenvalue weighted by Gasteiger charge is -2.15. The first-order chi connectivity index (χ1) is 9.95. The molecule has 0 aliphatic heterocycles. The number of hydrogen-bond donors (Lipinski definition) is 1. The maximum absolute atomic E-state index is 12.9. The van der Waals surface area contributed by atoms with Crippen LogP contribution in [-0.2, 0) is 6.54 Å². The van der Waals surface area contributed by atoms with Crippen molar-refractivity contribution < 1.29 is 9.13 Å². The molecule has 0 fully saturated rings. The van der Waals surface area contributed by atoms with Gasteiger partial charge in [-0.3, -0.25) is 0 Å². The molecule has 0 saturated carbocycles. The van der Waals surface area contributed by atoms with Crippen LogP contribution in [0.2, 0.25) is 0 Å². The lowest BCUT2D eigenvalue weighted by molar-refractivity contribution is 0.239. The summed E-state index contributed by atoms with van der Waals surface area (Å²) in [6, 6.07) is 10.3. The van der Waals surface area contributed by atoms with E-state index in [4.69, 9.17) is 4.74 Å². The van der Waals surface area contributed by atoms with Crippen molar-refractivity contribution in [2.75, 3.05) is 5.32 Å². The molecule has 0 amide bonds. The van der Waals surface area contributed by atoms with Gasteiger partial charge in [-0.05, 0) is 87.7 Å². The Morgan fingerprint density at radius 3 is 2.19 bits per heavy atom. The second kappa shape index (κ2) is 7.27. The minimum Gasteiger partial charge on any atom is -0.489 e. The largest absolute Gasteiger partial charge is 0.489 e. The molecule has 0 aliphatic carbocycles. The maximum atomic E-state index is 12.9. The first kappa shape index (κ1) is 16.3. The van der Waals surface area contributed by atoms with Crippen LogP contribution in [0.5, 0.6) is 5.75 Å². The highest BCUT2D eigenvalue weighted by molar-refractivity contribution is 9.11. The van der Waals surface area contributed by atoms with Gasteiger partial charge in [-0.1, -0.05) is 0 Å². The van der Waals surface area contributed by atoms with E-state index in [1.807, 2.05) is 26.0 Å². The molecule has 0 bridgehead atoms. The van der Waals surface area contributed by atoms with Gasteiger partial charge in [0.15, 0.2) is 0 Å². The monoisotopic (exact) mass is 415 g/mol. The van der Waals surface area contributed by atoms with Crippen molar-refractivity contribution in [3.8, 4) is 5.75 Å². The van der Waals surface area contributed by atoms with Crippen LogP contribution >= 0.6 is 31.9 Å². The Labute approximate surface area is 141 Å². The zero-order chi connectivity index (χ0) is 15.4. The SMILES string of the molecule is CC(C)Oc1c(Br)cc(CNc2ccc(F)cc2)cc1Br. The second-order valence-corrected chi connectivity index (χ2v) is 6.62. The number of benzene rings is 2. The summed E-state index contributed by atoms with van der Waals surface area (Å²) in [5.74, 6) is 0.566. The normalized spacial score (nSPS) is 10.8. The molecule has 0 atom stereocenters. The van der Waals surface area contributed by atoms with Crippen molar-refractivity contribution in [3.63, 3.8) is 0 Å². The topological polar surface area (TPSA) is 21.3 Å². The van der Waals surface area contributed by atoms with Crippen LogP contribution in [0.15, 0.2) is 45.3 Å². The van der Waals surface area contributed by atoms with E-state index in [9.17, 15) is 4.39 Å². The average molecular weight is 417 g/mol. The predicted octanol–water partition coefficient (Wildman–Crippen LogP) is 5.75. The fourth-order valence-electron chi connectivity index (χ4n) is 1.83. The average Bonchev–Trinajstić information content (AvgIpc) is 2.42. The molecule has 0 heterocycles. The zero-order valence-electron chi connectivity index (χ0n) is 11.8. The van der Waals surface area contributed by atoms with Gasteiger partial charge >= 0.3 is 0 Å². The molecule has 0 aromatic heterocycles. The first-order valence-electron chi connectivity index (χ1n) is 6.59. The molecule has 0 radical (unpaired) electrons. The Hall–Kier alpha value is -1.07. The van der Waals surface area contributed by atoms with Crippen molar-refractivity contribution in [3.05, 3.63) is 56.7 Å². The van der Waals surface area contributed by atoms with Gasteiger partial charge in [0.05, 0.1) is 15.0 Å². The molecule has 0 spiro atoms. The number of anilines is 1. The van der Waals surface area contributed by atoms with Crippen molar-refractivity contribution >= 4 is 37.5 Å². The minimum atomic E-state index is -0.235. The summed E-state index contributed by atoms with van der Waals surface area (Å²) in [4.78, 5) is 0. The third-order valence-electron chi connectivity index (χ3n) is 2.75. The fourth-order valence-corrected chi connectivity index (χ4v) is 3.30. The molecule has 1 N–H and O–H groups in total. The van der Waals surface area contributed by atoms with E-state index < -0.39 is 0 Å². The van der Waals surface area contributed by atoms with Gasteiger partial charge in [0.2, 0.25) is 0 Å². The van der Waals surface area contributed by atoms with Crippen LogP contribution in [0.1, 0.15) is 19.4 Å². The zero-order valence-corrected chi connectivity index (χ0v) is 15.0. The van der Waals surface area contributed by atoms with E-state index in [2.05, 4.69) is 37.2 Å². The molecule has 21 heavy (non-hydrogen) atoms. The third kappa shape index (κ3) is 4.71. The Kier molecular flexibility index (Phi) is 5.65. The molecule has 2 rings (SSSR count). The molecule has 2 nitrogen and oxygen atoms in total. The summed E-state index contributed by atoms with van der Waals surface area (Å²) in [5, 5.41) is 3.25. The van der Waals surface area contributed by atoms with E-state index in [1.54, 1.807) is 12.1 Å². The van der Waals surface area contributed by atoms with Gasteiger partial charge in [-0.2, -0.15) is 0 Å². The van der Waals surface area contributed by atoms with Crippen molar-refractivity contribution in [1.82, 2.24) is 0 Å². The van der Waals surface area contributed by atoms with Crippen LogP contribution in [0, 0.1) is 5.82 Å². The van der Waals surface area contributed by atoms with Gasteiger partial charge in [-0.15, -0.1) is 0 Å². The Balaban J connectivity index is 2.09. The molecule has 2 aromatic rings. The molecule has 5 heteroatoms. The van der Waals surface area contributed by atoms with E-state index in [0.717, 1.165) is 25.9 Å². The van der Waals surface area contributed by atoms with Crippen LogP contribution in [-0.4, -0.2) is 6.10 Å². The van der Waals surface area contributed by atoms with E-state index >= 15 is 0 Å². The lowest BCUT2D eigenvalue weighted by Crippen LogP contribution is -2.07. The number of halogens is 3. The molecular formula is C16H16Br2FNO. The van der Waals surface area contributed by atoms with Gasteiger partial charge in [0.1, 0.15) is 11.6 Å². The number of hydrogen-bond acceptors (Lipinski definition) is 2. The van der Waals surface area contributed by atoms with Crippen LogP contribution < -0.4 is 10.1 Å². The minimum absolute atomic E-state index is 0.112. The van der Waals surface area contributed by atoms with Crippen molar-refractivity contribution in [2.24, 2.45) is 0 Å². The predicted molar refractivity (Wildman–Crippen MR) is 91.3 cm³/mol. The summed E-state index contributed by atoms with van der Waals surface area (Å²) in [7, 11) is 0. The highest BCUT2D eigenvalue weighted by Gasteiger charge is 2.10. The molecular weight excluding hydrogens is 401 g/mol. The van der Waals surface area contributed by atoms with Crippen molar-refractivity contribution in [2.45, 2.75) is 26.5 Å². The smallest absolute Gasteiger partial charge is 0.148 e. The molecule has 0 saturated heterocycles. The third-order valence-corrected chi connectivity index (χ3v) is 3.93. The number of nitrogens with one attached hydrogen (secondary N) is 1. The number of ether oxygens (including phenoxy) is 1. The highest BCUT2D eigenvalue weighted by Crippen LogP contribution is 2.35. The second-order valence-electron chi connectivity index (χ2n) is 4.92. The van der Waals surface area contributed by atoms with Crippen LogP contribution in [0.25, 0.3) is 0 Å². The summed E-state index contributed by atoms with van der Waals surface area (Å²) >= 11 is 7.06. The molecule has 0 unspecified atom stereocenters. The van der Waals surface area contributed by atoms with Gasteiger partial charge in [0.25, 0.3) is 0 Å². The Morgan fingerprint density at radius 2 is 1.67 bits per heavy atom. The Morgan fingerprint density at radius 1 is 1.10 bits per heavy atom. The van der Waals surface area contributed by atoms with Crippen LogP contribution in [0.3, 0.4) is 0 Å². The molecule has 112 valence electrons. The Bertz CT molecular complexity index is 591. The number of rotatable bonds is 5. The van der Waals surface area contributed by atoms with E-state index in [-0.39, 0.29) is 11.9 Å². The summed E-state index contributed by atoms with van der Waals surface area (Å²) in [6.07, 6.45) is 0.112. The first-order valence-corrected chi connectivity index (χ1v) is 8.18. The van der Waals surface area contributed by atoms with Gasteiger partial charge < -0.3 is 10.1 Å². The van der Waals surface area contributed by atoms with E-state index in [0.29, 0.717) is 6.54 Å². The highest BCUT2D eigenvalue weighted by atomic mass is 79.9. The molecule has 2 aromatic carbocycles. The van der Waals surface area contributed by atoms with Gasteiger partial charge in [-0.25, -0.2) is 4.39 Å². The fraction of sp³-hybridized carbons (Fsp3) is 0.250. The maximum Gasteiger partial charge on any atom is 0.148 e. The lowest BCUT2D eigenvalue weighted by atomic mass is 10.2. The van der Waals surface area contributed by atoms with Gasteiger partial charge in [0, 0.05) is 12.2 Å². The molecule has 0 aliphatic rings. The summed E-state index contributed by atoms with van der Waals surface area (Å²) < 4.78 is 20.4. The van der Waals surface area contributed by atoms with Crippen LogP contribution in [0.4, 0.5) is 10.1 Å². The standard InChI is InChI=1S/C16H16Br2FNO/c1-10(2)21-16-14(17)7-11(8-15(16)18)9-20-13-5-3-12(19)4-6-13/h3-8,10,20H,9H2,1-2H3. The summed E-state index contributed by atoms with van der Waals surface area (Å²) in [6.45, 7) is 4.62. The summed E-state index contributed by atoms with van der Waals surface area (Å²) in [5.41, 5.74) is 1.97. The van der Waals surface area contributed by atoms with E-state index in [1.165, 1.54) is 12.1 Å². The van der Waals surface area contributed by atoms with Crippen molar-refractivity contribution in [1.29, 1.82) is 0 Å². The quantitative estimate of drug-likeness (QED) is 0.669.